The first-order chi connectivity index (χ1) is 13.0. The number of ether oxygens (including phenoxy) is 2. The Kier molecular flexibility index (Phi) is 7.69. The minimum absolute atomic E-state index is 0.00960. The molecule has 7 nitrogen and oxygen atoms in total. The first kappa shape index (κ1) is 20.3. The summed E-state index contributed by atoms with van der Waals surface area (Å²) in [5, 5.41) is 2.74. The third kappa shape index (κ3) is 7.41. The largest absolute Gasteiger partial charge is 0.497 e. The molecule has 0 aliphatic heterocycles. The number of rotatable bonds is 9. The molecule has 27 heavy (non-hydrogen) atoms. The van der Waals surface area contributed by atoms with Crippen LogP contribution < -0.4 is 25.6 Å². The first-order valence-electron chi connectivity index (χ1n) is 8.01. The Bertz CT molecular complexity index is 792. The first-order valence-corrected chi connectivity index (χ1v) is 8.80. The van der Waals surface area contributed by atoms with Gasteiger partial charge in [0.15, 0.2) is 6.61 Å². The number of amides is 2. The highest BCUT2D eigenvalue weighted by molar-refractivity contribution is 9.10. The summed E-state index contributed by atoms with van der Waals surface area (Å²) < 4.78 is 11.3. The second-order valence-corrected chi connectivity index (χ2v) is 6.39. The van der Waals surface area contributed by atoms with Crippen molar-refractivity contribution in [1.82, 2.24) is 10.9 Å². The van der Waals surface area contributed by atoms with E-state index in [4.69, 9.17) is 9.47 Å². The van der Waals surface area contributed by atoms with E-state index in [1.54, 1.807) is 43.5 Å². The van der Waals surface area contributed by atoms with Crippen LogP contribution in [-0.4, -0.2) is 25.5 Å². The highest BCUT2D eigenvalue weighted by atomic mass is 79.9. The van der Waals surface area contributed by atoms with Crippen LogP contribution in [0.15, 0.2) is 65.3 Å². The van der Waals surface area contributed by atoms with Crippen LogP contribution in [0.2, 0.25) is 0 Å². The van der Waals surface area contributed by atoms with Gasteiger partial charge in [-0.05, 0) is 48.5 Å². The molecule has 0 aliphatic rings. The molecule has 0 saturated carbocycles. The van der Waals surface area contributed by atoms with E-state index in [1.807, 2.05) is 12.1 Å². The lowest BCUT2D eigenvalue weighted by molar-refractivity contribution is -0.124. The van der Waals surface area contributed by atoms with E-state index in [0.717, 1.165) is 4.47 Å². The molecule has 0 unspecified atom stereocenters. The van der Waals surface area contributed by atoms with Gasteiger partial charge in [-0.2, -0.15) is 0 Å². The maximum Gasteiger partial charge on any atom is 0.276 e. The summed E-state index contributed by atoms with van der Waals surface area (Å²) in [7, 11) is 1.57. The van der Waals surface area contributed by atoms with Crippen molar-refractivity contribution in [2.75, 3.05) is 19.0 Å². The minimum atomic E-state index is -0.403. The second-order valence-electron chi connectivity index (χ2n) is 5.47. The zero-order valence-electron chi connectivity index (χ0n) is 14.8. The second kappa shape index (κ2) is 10.2. The number of methoxy groups -OCH3 is 1. The van der Waals surface area contributed by atoms with Crippen molar-refractivity contribution in [3.63, 3.8) is 0 Å². The molecule has 0 aromatic heterocycles. The van der Waals surface area contributed by atoms with Gasteiger partial charge in [-0.25, -0.2) is 0 Å². The minimum Gasteiger partial charge on any atom is -0.497 e. The molecule has 2 rings (SSSR count). The van der Waals surface area contributed by atoms with Crippen LogP contribution in [0.5, 0.6) is 11.5 Å². The fraction of sp³-hybridized carbons (Fsp3) is 0.158. The molecule has 142 valence electrons. The van der Waals surface area contributed by atoms with E-state index in [1.165, 1.54) is 0 Å². The highest BCUT2D eigenvalue weighted by Crippen LogP contribution is 2.17. The Morgan fingerprint density at radius 2 is 1.59 bits per heavy atom. The molecule has 0 fully saturated rings. The summed E-state index contributed by atoms with van der Waals surface area (Å²) >= 11 is 3.33. The molecule has 0 aliphatic carbocycles. The molecule has 8 heteroatoms. The Hall–Kier alpha value is -3.00. The fourth-order valence-corrected chi connectivity index (χ4v) is 2.26. The van der Waals surface area contributed by atoms with Crippen molar-refractivity contribution in [2.24, 2.45) is 0 Å². The van der Waals surface area contributed by atoms with E-state index in [-0.39, 0.29) is 18.9 Å². The standard InChI is InChI=1S/C19H20BrN3O4/c1-13(11-18(24)21-15-5-3-14(20)4-6-15)22-23-19(25)12-27-17-9-7-16(26-2)8-10-17/h3-10,22H,1,11-12H2,2H3,(H,21,24)(H,23,25). The molecule has 0 heterocycles. The number of hydrazine groups is 1. The van der Waals surface area contributed by atoms with Gasteiger partial charge in [-0.15, -0.1) is 0 Å². The predicted molar refractivity (Wildman–Crippen MR) is 106 cm³/mol. The normalized spacial score (nSPS) is 9.85. The Balaban J connectivity index is 1.67. The SMILES string of the molecule is C=C(CC(=O)Nc1ccc(Br)cc1)NNC(=O)COc1ccc(OC)cc1. The number of anilines is 1. The summed E-state index contributed by atoms with van der Waals surface area (Å²) in [6.07, 6.45) is 0.00960. The Labute approximate surface area is 165 Å². The van der Waals surface area contributed by atoms with Gasteiger partial charge in [0.2, 0.25) is 5.91 Å². The quantitative estimate of drug-likeness (QED) is 0.529. The third-order valence-corrected chi connectivity index (χ3v) is 3.84. The van der Waals surface area contributed by atoms with Crippen molar-refractivity contribution >= 4 is 33.4 Å². The molecular formula is C19H20BrN3O4. The zero-order chi connectivity index (χ0) is 19.6. The van der Waals surface area contributed by atoms with Crippen LogP contribution in [-0.2, 0) is 9.59 Å². The van der Waals surface area contributed by atoms with Crippen LogP contribution in [0, 0.1) is 0 Å². The number of carbonyl (C=O) groups excluding carboxylic acids is 2. The van der Waals surface area contributed by atoms with Gasteiger partial charge in [0.05, 0.1) is 13.5 Å². The molecule has 0 saturated heterocycles. The number of hydrogen-bond donors (Lipinski definition) is 3. The predicted octanol–water partition coefficient (Wildman–Crippen LogP) is 3.00. The molecule has 2 aromatic rings. The summed E-state index contributed by atoms with van der Waals surface area (Å²) in [5.74, 6) is 0.587. The van der Waals surface area contributed by atoms with Crippen molar-refractivity contribution < 1.29 is 19.1 Å². The number of benzene rings is 2. The zero-order valence-corrected chi connectivity index (χ0v) is 16.3. The van der Waals surface area contributed by atoms with Gasteiger partial charge in [-0.3, -0.25) is 15.0 Å². The van der Waals surface area contributed by atoms with Crippen LogP contribution in [0.1, 0.15) is 6.42 Å². The van der Waals surface area contributed by atoms with E-state index < -0.39 is 5.91 Å². The van der Waals surface area contributed by atoms with Crippen LogP contribution in [0.4, 0.5) is 5.69 Å². The molecular weight excluding hydrogens is 414 g/mol. The lowest BCUT2D eigenvalue weighted by Crippen LogP contribution is -2.40. The van der Waals surface area contributed by atoms with Gasteiger partial charge < -0.3 is 20.2 Å². The summed E-state index contributed by atoms with van der Waals surface area (Å²) in [5.41, 5.74) is 6.05. The molecule has 2 aromatic carbocycles. The van der Waals surface area contributed by atoms with Crippen LogP contribution >= 0.6 is 15.9 Å². The van der Waals surface area contributed by atoms with Crippen LogP contribution in [0.3, 0.4) is 0 Å². The van der Waals surface area contributed by atoms with Crippen molar-refractivity contribution in [1.29, 1.82) is 0 Å². The summed E-state index contributed by atoms with van der Waals surface area (Å²) in [6, 6.07) is 14.1. The van der Waals surface area contributed by atoms with Gasteiger partial charge in [0, 0.05) is 15.9 Å². The molecule has 0 atom stereocenters. The lowest BCUT2D eigenvalue weighted by atomic mass is 10.3. The third-order valence-electron chi connectivity index (χ3n) is 3.31. The smallest absolute Gasteiger partial charge is 0.276 e. The van der Waals surface area contributed by atoms with E-state index in [2.05, 4.69) is 38.7 Å². The van der Waals surface area contributed by atoms with Crippen molar-refractivity contribution in [3.8, 4) is 11.5 Å². The van der Waals surface area contributed by atoms with Gasteiger partial charge in [0.1, 0.15) is 11.5 Å². The molecule has 0 radical (unpaired) electrons. The van der Waals surface area contributed by atoms with E-state index in [0.29, 0.717) is 22.9 Å². The molecule has 3 N–H and O–H groups in total. The number of nitrogens with one attached hydrogen (secondary N) is 3. The maximum absolute atomic E-state index is 11.9. The average Bonchev–Trinajstić information content (AvgIpc) is 2.67. The monoisotopic (exact) mass is 433 g/mol. The molecule has 2 amide bonds. The number of carbonyl (C=O) groups is 2. The maximum atomic E-state index is 11.9. The lowest BCUT2D eigenvalue weighted by Gasteiger charge is -2.12. The van der Waals surface area contributed by atoms with Crippen LogP contribution in [0.25, 0.3) is 0 Å². The average molecular weight is 434 g/mol. The highest BCUT2D eigenvalue weighted by Gasteiger charge is 2.07. The van der Waals surface area contributed by atoms with Crippen molar-refractivity contribution in [2.45, 2.75) is 6.42 Å². The summed E-state index contributed by atoms with van der Waals surface area (Å²) in [6.45, 7) is 3.53. The van der Waals surface area contributed by atoms with Gasteiger partial charge in [0.25, 0.3) is 5.91 Å². The topological polar surface area (TPSA) is 88.7 Å². The number of hydrogen-bond acceptors (Lipinski definition) is 5. The summed E-state index contributed by atoms with van der Waals surface area (Å²) in [4.78, 5) is 23.7. The van der Waals surface area contributed by atoms with E-state index in [9.17, 15) is 9.59 Å². The Morgan fingerprint density at radius 1 is 0.963 bits per heavy atom. The van der Waals surface area contributed by atoms with Gasteiger partial charge >= 0.3 is 0 Å². The molecule has 0 spiro atoms. The fourth-order valence-electron chi connectivity index (χ4n) is 1.99. The van der Waals surface area contributed by atoms with Crippen molar-refractivity contribution in [3.05, 3.63) is 65.3 Å². The molecule has 0 bridgehead atoms. The Morgan fingerprint density at radius 3 is 2.22 bits per heavy atom. The van der Waals surface area contributed by atoms with E-state index >= 15 is 0 Å². The van der Waals surface area contributed by atoms with Gasteiger partial charge in [-0.1, -0.05) is 22.5 Å². The number of halogens is 1.